The largest absolute Gasteiger partial charge is 0.365 e. The highest BCUT2D eigenvalue weighted by Gasteiger charge is 2.25. The smallest absolute Gasteiger partial charge is 0.229 e. The van der Waals surface area contributed by atoms with Crippen molar-refractivity contribution >= 4 is 22.8 Å². The SMILES string of the molecule is C[C@H]1C[C@H](C)CN(c2nc(NCc3ccccc3)c3cnn(C)c3n2)C1. The van der Waals surface area contributed by atoms with Crippen molar-refractivity contribution < 1.29 is 0 Å². The van der Waals surface area contributed by atoms with Crippen LogP contribution >= 0.6 is 0 Å². The third-order valence-electron chi connectivity index (χ3n) is 5.03. The molecular formula is C20H26N6. The molecule has 1 aliphatic rings. The Balaban J connectivity index is 1.67. The van der Waals surface area contributed by atoms with Crippen LogP contribution in [-0.2, 0) is 13.6 Å². The Bertz CT molecular complexity index is 878. The van der Waals surface area contributed by atoms with Crippen LogP contribution in [0.2, 0.25) is 0 Å². The maximum Gasteiger partial charge on any atom is 0.229 e. The zero-order valence-corrected chi connectivity index (χ0v) is 15.7. The van der Waals surface area contributed by atoms with Crippen molar-refractivity contribution in [3.05, 3.63) is 42.1 Å². The molecular weight excluding hydrogens is 324 g/mol. The molecule has 0 aliphatic carbocycles. The van der Waals surface area contributed by atoms with E-state index in [9.17, 15) is 0 Å². The molecule has 0 spiro atoms. The Labute approximate surface area is 154 Å². The average molecular weight is 350 g/mol. The molecule has 1 aromatic carbocycles. The van der Waals surface area contributed by atoms with Crippen molar-refractivity contribution in [3.63, 3.8) is 0 Å². The Morgan fingerprint density at radius 1 is 1.08 bits per heavy atom. The summed E-state index contributed by atoms with van der Waals surface area (Å²) >= 11 is 0. The predicted molar refractivity (Wildman–Crippen MR) is 105 cm³/mol. The van der Waals surface area contributed by atoms with Crippen LogP contribution in [0.5, 0.6) is 0 Å². The Morgan fingerprint density at radius 2 is 1.81 bits per heavy atom. The first-order valence-corrected chi connectivity index (χ1v) is 9.32. The molecule has 3 aromatic rings. The Morgan fingerprint density at radius 3 is 2.54 bits per heavy atom. The number of aryl methyl sites for hydroxylation is 1. The minimum Gasteiger partial charge on any atom is -0.365 e. The number of nitrogens with one attached hydrogen (secondary N) is 1. The molecule has 0 radical (unpaired) electrons. The summed E-state index contributed by atoms with van der Waals surface area (Å²) in [6, 6.07) is 10.4. The zero-order valence-electron chi connectivity index (χ0n) is 15.7. The molecule has 6 heteroatoms. The molecule has 6 nitrogen and oxygen atoms in total. The monoisotopic (exact) mass is 350 g/mol. The van der Waals surface area contributed by atoms with Crippen LogP contribution in [0.1, 0.15) is 25.8 Å². The van der Waals surface area contributed by atoms with Gasteiger partial charge in [-0.2, -0.15) is 15.1 Å². The average Bonchev–Trinajstić information content (AvgIpc) is 3.01. The van der Waals surface area contributed by atoms with E-state index in [1.807, 2.05) is 24.0 Å². The number of benzene rings is 1. The third kappa shape index (κ3) is 3.36. The molecule has 0 unspecified atom stereocenters. The standard InChI is InChI=1S/C20H26N6/c1-14-9-15(2)13-26(12-14)20-23-18(17-11-22-25(3)19(17)24-20)21-10-16-7-5-4-6-8-16/h4-8,11,14-15H,9-10,12-13H2,1-3H3,(H,21,23,24)/t14-,15-/m0/s1. The van der Waals surface area contributed by atoms with Gasteiger partial charge in [-0.25, -0.2) is 0 Å². The Kier molecular flexibility index (Phi) is 4.49. The summed E-state index contributed by atoms with van der Waals surface area (Å²) in [5.74, 6) is 2.97. The molecule has 0 saturated carbocycles. The van der Waals surface area contributed by atoms with Gasteiger partial charge < -0.3 is 10.2 Å². The Hall–Kier alpha value is -2.63. The molecule has 2 aromatic heterocycles. The van der Waals surface area contributed by atoms with E-state index in [0.717, 1.165) is 42.4 Å². The molecule has 26 heavy (non-hydrogen) atoms. The number of aromatic nitrogens is 4. The molecule has 0 amide bonds. The molecule has 0 bridgehead atoms. The van der Waals surface area contributed by atoms with Gasteiger partial charge in [-0.05, 0) is 23.8 Å². The van der Waals surface area contributed by atoms with Gasteiger partial charge in [0.25, 0.3) is 0 Å². The molecule has 1 fully saturated rings. The normalized spacial score (nSPS) is 20.5. The van der Waals surface area contributed by atoms with E-state index in [-0.39, 0.29) is 0 Å². The number of nitrogens with zero attached hydrogens (tertiary/aromatic N) is 5. The van der Waals surface area contributed by atoms with Crippen molar-refractivity contribution in [2.24, 2.45) is 18.9 Å². The van der Waals surface area contributed by atoms with E-state index in [0.29, 0.717) is 11.8 Å². The molecule has 1 aliphatic heterocycles. The van der Waals surface area contributed by atoms with Gasteiger partial charge in [0, 0.05) is 26.7 Å². The minimum absolute atomic E-state index is 0.658. The molecule has 2 atom stereocenters. The van der Waals surface area contributed by atoms with Crippen LogP contribution in [-0.4, -0.2) is 32.8 Å². The molecule has 3 heterocycles. The predicted octanol–water partition coefficient (Wildman–Crippen LogP) is 3.46. The van der Waals surface area contributed by atoms with Gasteiger partial charge in [-0.1, -0.05) is 44.2 Å². The maximum absolute atomic E-state index is 4.87. The lowest BCUT2D eigenvalue weighted by Crippen LogP contribution is -2.39. The van der Waals surface area contributed by atoms with E-state index in [1.165, 1.54) is 12.0 Å². The van der Waals surface area contributed by atoms with Crippen molar-refractivity contribution in [1.82, 2.24) is 19.7 Å². The highest BCUT2D eigenvalue weighted by molar-refractivity contribution is 5.87. The number of piperidine rings is 1. The van der Waals surface area contributed by atoms with E-state index >= 15 is 0 Å². The number of rotatable bonds is 4. The van der Waals surface area contributed by atoms with Crippen molar-refractivity contribution in [3.8, 4) is 0 Å². The lowest BCUT2D eigenvalue weighted by Gasteiger charge is -2.35. The van der Waals surface area contributed by atoms with Crippen LogP contribution in [0.3, 0.4) is 0 Å². The zero-order chi connectivity index (χ0) is 18.1. The van der Waals surface area contributed by atoms with Crippen molar-refractivity contribution in [2.75, 3.05) is 23.3 Å². The minimum atomic E-state index is 0.658. The molecule has 1 N–H and O–H groups in total. The fourth-order valence-electron chi connectivity index (χ4n) is 3.89. The van der Waals surface area contributed by atoms with Gasteiger partial charge in [0.2, 0.25) is 5.95 Å². The lowest BCUT2D eigenvalue weighted by molar-refractivity contribution is 0.354. The van der Waals surface area contributed by atoms with E-state index < -0.39 is 0 Å². The van der Waals surface area contributed by atoms with Crippen LogP contribution in [0.15, 0.2) is 36.5 Å². The quantitative estimate of drug-likeness (QED) is 0.781. The number of hydrogen-bond acceptors (Lipinski definition) is 5. The van der Waals surface area contributed by atoms with Crippen LogP contribution in [0, 0.1) is 11.8 Å². The first-order chi connectivity index (χ1) is 12.6. The van der Waals surface area contributed by atoms with Crippen LogP contribution in [0.4, 0.5) is 11.8 Å². The number of hydrogen-bond donors (Lipinski definition) is 1. The third-order valence-corrected chi connectivity index (χ3v) is 5.03. The summed E-state index contributed by atoms with van der Waals surface area (Å²) in [5.41, 5.74) is 2.10. The molecule has 1 saturated heterocycles. The summed E-state index contributed by atoms with van der Waals surface area (Å²) in [6.45, 7) is 7.35. The van der Waals surface area contributed by atoms with Crippen LogP contribution < -0.4 is 10.2 Å². The number of fused-ring (bicyclic) bond motifs is 1. The summed E-state index contributed by atoms with van der Waals surface area (Å²) in [7, 11) is 1.93. The van der Waals surface area contributed by atoms with Crippen molar-refractivity contribution in [2.45, 2.75) is 26.8 Å². The first kappa shape index (κ1) is 16.8. The second kappa shape index (κ2) is 6.94. The van der Waals surface area contributed by atoms with E-state index in [1.54, 1.807) is 0 Å². The maximum atomic E-state index is 4.87. The first-order valence-electron chi connectivity index (χ1n) is 9.32. The van der Waals surface area contributed by atoms with Crippen LogP contribution in [0.25, 0.3) is 11.0 Å². The summed E-state index contributed by atoms with van der Waals surface area (Å²) in [5, 5.41) is 8.83. The lowest BCUT2D eigenvalue weighted by atomic mass is 9.92. The summed E-state index contributed by atoms with van der Waals surface area (Å²) in [6.07, 6.45) is 3.11. The summed E-state index contributed by atoms with van der Waals surface area (Å²) < 4.78 is 1.82. The van der Waals surface area contributed by atoms with Gasteiger partial charge in [0.15, 0.2) is 5.65 Å². The second-order valence-electron chi connectivity index (χ2n) is 7.57. The topological polar surface area (TPSA) is 58.9 Å². The fourth-order valence-corrected chi connectivity index (χ4v) is 3.89. The van der Waals surface area contributed by atoms with Gasteiger partial charge in [-0.15, -0.1) is 0 Å². The van der Waals surface area contributed by atoms with Gasteiger partial charge in [0.1, 0.15) is 5.82 Å². The molecule has 136 valence electrons. The highest BCUT2D eigenvalue weighted by Crippen LogP contribution is 2.28. The van der Waals surface area contributed by atoms with Gasteiger partial charge in [-0.3, -0.25) is 4.68 Å². The van der Waals surface area contributed by atoms with Gasteiger partial charge in [0.05, 0.1) is 11.6 Å². The van der Waals surface area contributed by atoms with Gasteiger partial charge >= 0.3 is 0 Å². The highest BCUT2D eigenvalue weighted by atomic mass is 15.3. The second-order valence-corrected chi connectivity index (χ2v) is 7.57. The number of anilines is 2. The van der Waals surface area contributed by atoms with Crippen molar-refractivity contribution in [1.29, 1.82) is 0 Å². The fraction of sp³-hybridized carbons (Fsp3) is 0.450. The molecule has 4 rings (SSSR count). The summed E-state index contributed by atoms with van der Waals surface area (Å²) in [4.78, 5) is 12.0. The van der Waals surface area contributed by atoms with E-state index in [2.05, 4.69) is 53.4 Å². The van der Waals surface area contributed by atoms with E-state index in [4.69, 9.17) is 9.97 Å².